The Labute approximate surface area is 102 Å². The molecule has 0 aromatic carbocycles. The quantitative estimate of drug-likeness (QED) is 0.725. The van der Waals surface area contributed by atoms with Gasteiger partial charge >= 0.3 is 11.9 Å². The zero-order valence-corrected chi connectivity index (χ0v) is 10.7. The molecule has 1 rings (SSSR count). The average Bonchev–Trinajstić information content (AvgIpc) is 2.61. The maximum atomic E-state index is 11.5. The van der Waals surface area contributed by atoms with E-state index in [9.17, 15) is 14.7 Å². The molecule has 1 atom stereocenters. The van der Waals surface area contributed by atoms with Crippen molar-refractivity contribution in [2.45, 2.75) is 45.6 Å². The Morgan fingerprint density at radius 2 is 2.06 bits per heavy atom. The van der Waals surface area contributed by atoms with E-state index in [1.807, 2.05) is 0 Å². The molecule has 0 bridgehead atoms. The van der Waals surface area contributed by atoms with Crippen LogP contribution in [-0.2, 0) is 14.3 Å². The number of carbonyl (C=O) groups is 2. The van der Waals surface area contributed by atoms with E-state index < -0.39 is 17.0 Å². The maximum absolute atomic E-state index is 11.5. The van der Waals surface area contributed by atoms with Crippen LogP contribution in [0.1, 0.15) is 40.0 Å². The SMILES string of the molecule is CC(C)(C)OC(=O)CCC1(C(=O)O)CCNC1. The van der Waals surface area contributed by atoms with Gasteiger partial charge in [0.1, 0.15) is 5.60 Å². The van der Waals surface area contributed by atoms with Gasteiger partial charge in [-0.1, -0.05) is 0 Å². The van der Waals surface area contributed by atoms with Crippen LogP contribution >= 0.6 is 0 Å². The molecule has 0 aromatic heterocycles. The summed E-state index contributed by atoms with van der Waals surface area (Å²) in [6.45, 7) is 6.53. The summed E-state index contributed by atoms with van der Waals surface area (Å²) in [6.07, 6.45) is 1.07. The second-order valence-electron chi connectivity index (χ2n) is 5.60. The summed E-state index contributed by atoms with van der Waals surface area (Å²) in [7, 11) is 0. The molecule has 1 heterocycles. The van der Waals surface area contributed by atoms with E-state index in [2.05, 4.69) is 5.32 Å². The van der Waals surface area contributed by atoms with E-state index in [0.717, 1.165) is 0 Å². The van der Waals surface area contributed by atoms with Crippen LogP contribution in [0.25, 0.3) is 0 Å². The van der Waals surface area contributed by atoms with E-state index in [1.54, 1.807) is 20.8 Å². The number of carboxylic acids is 1. The van der Waals surface area contributed by atoms with Crippen LogP contribution in [0.15, 0.2) is 0 Å². The Bertz CT molecular complexity index is 300. The number of hydrogen-bond donors (Lipinski definition) is 2. The van der Waals surface area contributed by atoms with E-state index in [0.29, 0.717) is 25.9 Å². The Morgan fingerprint density at radius 3 is 2.47 bits per heavy atom. The molecule has 1 aliphatic heterocycles. The number of carboxylic acid groups (broad SMARTS) is 1. The van der Waals surface area contributed by atoms with Gasteiger partial charge in [0.05, 0.1) is 5.41 Å². The molecule has 1 fully saturated rings. The predicted octanol–water partition coefficient (Wildman–Crippen LogP) is 1.17. The molecule has 98 valence electrons. The molecule has 0 radical (unpaired) electrons. The zero-order chi connectivity index (χ0) is 13.1. The van der Waals surface area contributed by atoms with Gasteiger partial charge in [-0.15, -0.1) is 0 Å². The first-order valence-electron chi connectivity index (χ1n) is 5.91. The molecule has 5 heteroatoms. The van der Waals surface area contributed by atoms with Crippen molar-refractivity contribution < 1.29 is 19.4 Å². The van der Waals surface area contributed by atoms with Gasteiger partial charge in [-0.2, -0.15) is 0 Å². The maximum Gasteiger partial charge on any atom is 0.310 e. The lowest BCUT2D eigenvalue weighted by Crippen LogP contribution is -2.34. The van der Waals surface area contributed by atoms with Crippen molar-refractivity contribution in [2.75, 3.05) is 13.1 Å². The minimum absolute atomic E-state index is 0.158. The lowest BCUT2D eigenvalue weighted by Gasteiger charge is -2.24. The molecule has 1 unspecified atom stereocenters. The van der Waals surface area contributed by atoms with Crippen molar-refractivity contribution >= 4 is 11.9 Å². The van der Waals surface area contributed by atoms with Gasteiger partial charge in [0.25, 0.3) is 0 Å². The van der Waals surface area contributed by atoms with Crippen molar-refractivity contribution in [1.82, 2.24) is 5.32 Å². The van der Waals surface area contributed by atoms with Gasteiger partial charge in [-0.3, -0.25) is 9.59 Å². The minimum atomic E-state index is -0.828. The van der Waals surface area contributed by atoms with E-state index >= 15 is 0 Å². The number of carbonyl (C=O) groups excluding carboxylic acids is 1. The smallest absolute Gasteiger partial charge is 0.310 e. The standard InChI is InChI=1S/C12H21NO4/c1-11(2,3)17-9(14)4-5-12(10(15)16)6-7-13-8-12/h13H,4-8H2,1-3H3,(H,15,16). The van der Waals surface area contributed by atoms with Crippen LogP contribution in [0.2, 0.25) is 0 Å². The Kier molecular flexibility index (Phi) is 4.14. The molecule has 0 aromatic rings. The van der Waals surface area contributed by atoms with Crippen molar-refractivity contribution in [3.63, 3.8) is 0 Å². The summed E-state index contributed by atoms with van der Waals surface area (Å²) in [6, 6.07) is 0. The topological polar surface area (TPSA) is 75.6 Å². The molecule has 0 amide bonds. The molecule has 5 nitrogen and oxygen atoms in total. The number of ether oxygens (including phenoxy) is 1. The van der Waals surface area contributed by atoms with Crippen molar-refractivity contribution in [3.05, 3.63) is 0 Å². The highest BCUT2D eigenvalue weighted by atomic mass is 16.6. The van der Waals surface area contributed by atoms with Gasteiger partial charge in [-0.05, 0) is 40.2 Å². The van der Waals surface area contributed by atoms with Gasteiger partial charge in [0.2, 0.25) is 0 Å². The van der Waals surface area contributed by atoms with Crippen LogP contribution in [-0.4, -0.2) is 35.7 Å². The molecular formula is C12H21NO4. The molecule has 2 N–H and O–H groups in total. The summed E-state index contributed by atoms with van der Waals surface area (Å²) in [5.74, 6) is -1.16. The van der Waals surface area contributed by atoms with Gasteiger partial charge in [0.15, 0.2) is 0 Å². The fourth-order valence-corrected chi connectivity index (χ4v) is 1.98. The normalized spacial score (nSPS) is 24.6. The third-order valence-corrected chi connectivity index (χ3v) is 2.93. The monoisotopic (exact) mass is 243 g/mol. The van der Waals surface area contributed by atoms with Crippen molar-refractivity contribution in [3.8, 4) is 0 Å². The lowest BCUT2D eigenvalue weighted by molar-refractivity contribution is -0.156. The van der Waals surface area contributed by atoms with Crippen molar-refractivity contribution in [2.24, 2.45) is 5.41 Å². The highest BCUT2D eigenvalue weighted by molar-refractivity contribution is 5.77. The number of hydrogen-bond acceptors (Lipinski definition) is 4. The number of aliphatic carboxylic acids is 1. The van der Waals surface area contributed by atoms with Gasteiger partial charge < -0.3 is 15.2 Å². The number of rotatable bonds is 4. The summed E-state index contributed by atoms with van der Waals surface area (Å²) >= 11 is 0. The lowest BCUT2D eigenvalue weighted by atomic mass is 9.82. The van der Waals surface area contributed by atoms with Crippen LogP contribution in [0.5, 0.6) is 0 Å². The van der Waals surface area contributed by atoms with E-state index in [-0.39, 0.29) is 12.4 Å². The predicted molar refractivity (Wildman–Crippen MR) is 62.6 cm³/mol. The van der Waals surface area contributed by atoms with Crippen LogP contribution in [0, 0.1) is 5.41 Å². The van der Waals surface area contributed by atoms with Gasteiger partial charge in [0, 0.05) is 13.0 Å². The third kappa shape index (κ3) is 4.00. The first-order chi connectivity index (χ1) is 7.75. The Balaban J connectivity index is 2.48. The summed E-state index contributed by atoms with van der Waals surface area (Å²) in [5.41, 5.74) is -1.31. The summed E-state index contributed by atoms with van der Waals surface area (Å²) < 4.78 is 5.17. The highest BCUT2D eigenvalue weighted by Gasteiger charge is 2.41. The minimum Gasteiger partial charge on any atom is -0.481 e. The number of esters is 1. The number of nitrogens with one attached hydrogen (secondary N) is 1. The fraction of sp³-hybridized carbons (Fsp3) is 0.833. The molecule has 1 saturated heterocycles. The Morgan fingerprint density at radius 1 is 1.41 bits per heavy atom. The second kappa shape index (κ2) is 5.04. The van der Waals surface area contributed by atoms with E-state index in [1.165, 1.54) is 0 Å². The molecule has 0 saturated carbocycles. The highest BCUT2D eigenvalue weighted by Crippen LogP contribution is 2.31. The van der Waals surface area contributed by atoms with Crippen molar-refractivity contribution in [1.29, 1.82) is 0 Å². The fourth-order valence-electron chi connectivity index (χ4n) is 1.98. The third-order valence-electron chi connectivity index (χ3n) is 2.93. The largest absolute Gasteiger partial charge is 0.481 e. The van der Waals surface area contributed by atoms with Crippen LogP contribution in [0.4, 0.5) is 0 Å². The average molecular weight is 243 g/mol. The zero-order valence-electron chi connectivity index (χ0n) is 10.7. The molecule has 0 spiro atoms. The molecular weight excluding hydrogens is 222 g/mol. The second-order valence-corrected chi connectivity index (χ2v) is 5.60. The molecule has 1 aliphatic rings. The van der Waals surface area contributed by atoms with Crippen LogP contribution in [0.3, 0.4) is 0 Å². The molecule has 0 aliphatic carbocycles. The molecule has 17 heavy (non-hydrogen) atoms. The van der Waals surface area contributed by atoms with Crippen LogP contribution < -0.4 is 5.32 Å². The summed E-state index contributed by atoms with van der Waals surface area (Å²) in [4.78, 5) is 22.8. The van der Waals surface area contributed by atoms with E-state index in [4.69, 9.17) is 4.74 Å². The summed E-state index contributed by atoms with van der Waals surface area (Å²) in [5, 5.41) is 12.3. The first kappa shape index (κ1) is 14.0. The Hall–Kier alpha value is -1.10. The first-order valence-corrected chi connectivity index (χ1v) is 5.91. The van der Waals surface area contributed by atoms with Gasteiger partial charge in [-0.25, -0.2) is 0 Å².